The molecular weight excluding hydrogens is 424 g/mol. The van der Waals surface area contributed by atoms with E-state index in [-0.39, 0.29) is 18.1 Å². The van der Waals surface area contributed by atoms with Gasteiger partial charge < -0.3 is 29.3 Å². The first-order valence-electron chi connectivity index (χ1n) is 10.4. The van der Waals surface area contributed by atoms with E-state index in [0.717, 1.165) is 0 Å². The van der Waals surface area contributed by atoms with E-state index in [1.165, 1.54) is 0 Å². The van der Waals surface area contributed by atoms with Gasteiger partial charge in [-0.05, 0) is 36.4 Å². The van der Waals surface area contributed by atoms with E-state index in [9.17, 15) is 9.59 Å². The third kappa shape index (κ3) is 4.45. The number of nitrogens with one attached hydrogen (secondary N) is 2. The number of anilines is 2. The molecule has 2 heterocycles. The molecule has 0 saturated carbocycles. The molecule has 4 aromatic rings. The number of benzene rings is 3. The summed E-state index contributed by atoms with van der Waals surface area (Å²) in [6.07, 6.45) is 0. The maximum Gasteiger partial charge on any atom is 0.293 e. The zero-order chi connectivity index (χ0) is 22.6. The number of hydrogen-bond acceptors (Lipinski definition) is 6. The molecule has 0 spiro atoms. The molecule has 166 valence electrons. The van der Waals surface area contributed by atoms with Crippen LogP contribution in [0.1, 0.15) is 10.6 Å². The van der Waals surface area contributed by atoms with Gasteiger partial charge in [0.15, 0.2) is 18.1 Å². The number of rotatable bonds is 6. The molecule has 1 aromatic heterocycles. The molecule has 0 aliphatic carbocycles. The number of carbonyl (C=O) groups excluding carboxylic acids is 2. The standard InChI is InChI=1S/C25H20N2O6/c28-22(15-32-17-6-2-1-3-7-17)27-23-18-8-4-5-9-19(18)33-24(23)25(29)26-16-10-11-20-21(14-16)31-13-12-30-20/h1-11,14H,12-13,15H2,(H,26,29)(H,27,28). The normalized spacial score (nSPS) is 12.2. The fourth-order valence-corrected chi connectivity index (χ4v) is 3.48. The summed E-state index contributed by atoms with van der Waals surface area (Å²) in [5.74, 6) is 0.797. The monoisotopic (exact) mass is 444 g/mol. The molecule has 2 N–H and O–H groups in total. The van der Waals surface area contributed by atoms with Crippen LogP contribution < -0.4 is 24.8 Å². The molecule has 0 radical (unpaired) electrons. The van der Waals surface area contributed by atoms with E-state index in [2.05, 4.69) is 10.6 Å². The average Bonchev–Trinajstić information content (AvgIpc) is 3.22. The first kappa shape index (κ1) is 20.4. The molecule has 0 bridgehead atoms. The number of furan rings is 1. The van der Waals surface area contributed by atoms with Gasteiger partial charge in [0.25, 0.3) is 11.8 Å². The summed E-state index contributed by atoms with van der Waals surface area (Å²) in [7, 11) is 0. The first-order chi connectivity index (χ1) is 16.2. The Bertz CT molecular complexity index is 1320. The van der Waals surface area contributed by atoms with E-state index in [0.29, 0.717) is 47.1 Å². The molecule has 0 fully saturated rings. The molecule has 2 amide bonds. The minimum absolute atomic E-state index is 0.0147. The highest BCUT2D eigenvalue weighted by Gasteiger charge is 2.23. The second kappa shape index (κ2) is 8.96. The highest BCUT2D eigenvalue weighted by atomic mass is 16.6. The topological polar surface area (TPSA) is 99.0 Å². The van der Waals surface area contributed by atoms with Crippen LogP contribution in [0.3, 0.4) is 0 Å². The minimum atomic E-state index is -0.512. The Kier molecular flexibility index (Phi) is 5.55. The quantitative estimate of drug-likeness (QED) is 0.455. The molecular formula is C25H20N2O6. The Hall–Kier alpha value is -4.46. The van der Waals surface area contributed by atoms with E-state index >= 15 is 0 Å². The lowest BCUT2D eigenvalue weighted by molar-refractivity contribution is -0.118. The number of amides is 2. The van der Waals surface area contributed by atoms with Crippen molar-refractivity contribution >= 4 is 34.2 Å². The SMILES string of the molecule is O=C(COc1ccccc1)Nc1c(C(=O)Nc2ccc3c(c2)OCCO3)oc2ccccc12. The van der Waals surface area contributed by atoms with Crippen molar-refractivity contribution in [2.24, 2.45) is 0 Å². The smallest absolute Gasteiger partial charge is 0.293 e. The van der Waals surface area contributed by atoms with Gasteiger partial charge in [-0.25, -0.2) is 0 Å². The van der Waals surface area contributed by atoms with Crippen LogP contribution in [0.4, 0.5) is 11.4 Å². The van der Waals surface area contributed by atoms with Crippen molar-refractivity contribution in [3.05, 3.63) is 78.6 Å². The summed E-state index contributed by atoms with van der Waals surface area (Å²) in [5, 5.41) is 6.16. The predicted octanol–water partition coefficient (Wildman–Crippen LogP) is 4.47. The highest BCUT2D eigenvalue weighted by molar-refractivity contribution is 6.14. The van der Waals surface area contributed by atoms with E-state index in [1.807, 2.05) is 18.2 Å². The van der Waals surface area contributed by atoms with Crippen molar-refractivity contribution in [2.75, 3.05) is 30.5 Å². The van der Waals surface area contributed by atoms with Gasteiger partial charge in [0, 0.05) is 17.1 Å². The Balaban J connectivity index is 1.37. The minimum Gasteiger partial charge on any atom is -0.486 e. The molecule has 5 rings (SSSR count). The second-order valence-corrected chi connectivity index (χ2v) is 7.26. The summed E-state index contributed by atoms with van der Waals surface area (Å²) in [6.45, 7) is 0.705. The van der Waals surface area contributed by atoms with E-state index in [1.54, 1.807) is 54.6 Å². The summed E-state index contributed by atoms with van der Waals surface area (Å²) >= 11 is 0. The van der Waals surface area contributed by atoms with Crippen molar-refractivity contribution < 1.29 is 28.2 Å². The van der Waals surface area contributed by atoms with Crippen molar-refractivity contribution in [1.82, 2.24) is 0 Å². The number of ether oxygens (including phenoxy) is 3. The van der Waals surface area contributed by atoms with Crippen LogP contribution in [0.2, 0.25) is 0 Å². The zero-order valence-electron chi connectivity index (χ0n) is 17.5. The van der Waals surface area contributed by atoms with Crippen molar-refractivity contribution in [3.63, 3.8) is 0 Å². The maximum atomic E-state index is 13.1. The third-order valence-corrected chi connectivity index (χ3v) is 4.98. The number of carbonyl (C=O) groups is 2. The summed E-state index contributed by atoms with van der Waals surface area (Å²) < 4.78 is 22.4. The first-order valence-corrected chi connectivity index (χ1v) is 10.4. The molecule has 0 saturated heterocycles. The average molecular weight is 444 g/mol. The lowest BCUT2D eigenvalue weighted by Crippen LogP contribution is -2.22. The Morgan fingerprint density at radius 1 is 0.848 bits per heavy atom. The molecule has 3 aromatic carbocycles. The Labute approximate surface area is 189 Å². The van der Waals surface area contributed by atoms with Crippen LogP contribution in [0.15, 0.2) is 77.2 Å². The molecule has 8 nitrogen and oxygen atoms in total. The van der Waals surface area contributed by atoms with Gasteiger partial charge in [-0.1, -0.05) is 30.3 Å². The fraction of sp³-hybridized carbons (Fsp3) is 0.120. The van der Waals surface area contributed by atoms with Crippen LogP contribution in [-0.4, -0.2) is 31.6 Å². The van der Waals surface area contributed by atoms with Crippen molar-refractivity contribution in [3.8, 4) is 17.2 Å². The van der Waals surface area contributed by atoms with Gasteiger partial charge in [0.2, 0.25) is 5.76 Å². The van der Waals surface area contributed by atoms with Crippen LogP contribution in [0, 0.1) is 0 Å². The number of para-hydroxylation sites is 2. The Morgan fingerprint density at radius 2 is 1.61 bits per heavy atom. The molecule has 1 aliphatic heterocycles. The molecule has 8 heteroatoms. The van der Waals surface area contributed by atoms with Gasteiger partial charge in [0.1, 0.15) is 30.2 Å². The Morgan fingerprint density at radius 3 is 2.45 bits per heavy atom. The number of hydrogen-bond donors (Lipinski definition) is 2. The van der Waals surface area contributed by atoms with Gasteiger partial charge in [-0.15, -0.1) is 0 Å². The lowest BCUT2D eigenvalue weighted by atomic mass is 10.2. The van der Waals surface area contributed by atoms with Crippen LogP contribution >= 0.6 is 0 Å². The largest absolute Gasteiger partial charge is 0.486 e. The molecule has 0 unspecified atom stereocenters. The van der Waals surface area contributed by atoms with Gasteiger partial charge >= 0.3 is 0 Å². The molecule has 0 atom stereocenters. The summed E-state index contributed by atoms with van der Waals surface area (Å²) in [4.78, 5) is 25.7. The fourth-order valence-electron chi connectivity index (χ4n) is 3.48. The van der Waals surface area contributed by atoms with Crippen LogP contribution in [0.5, 0.6) is 17.2 Å². The van der Waals surface area contributed by atoms with Crippen LogP contribution in [-0.2, 0) is 4.79 Å². The van der Waals surface area contributed by atoms with E-state index in [4.69, 9.17) is 18.6 Å². The molecule has 33 heavy (non-hydrogen) atoms. The second-order valence-electron chi connectivity index (χ2n) is 7.26. The predicted molar refractivity (Wildman–Crippen MR) is 122 cm³/mol. The summed E-state index contributed by atoms with van der Waals surface area (Å²) in [5.41, 5.74) is 1.26. The summed E-state index contributed by atoms with van der Waals surface area (Å²) in [6, 6.07) is 21.2. The highest BCUT2D eigenvalue weighted by Crippen LogP contribution is 2.34. The third-order valence-electron chi connectivity index (χ3n) is 4.98. The van der Waals surface area contributed by atoms with Crippen LogP contribution in [0.25, 0.3) is 11.0 Å². The van der Waals surface area contributed by atoms with Gasteiger partial charge in [-0.2, -0.15) is 0 Å². The van der Waals surface area contributed by atoms with Gasteiger partial charge in [-0.3, -0.25) is 9.59 Å². The number of fused-ring (bicyclic) bond motifs is 2. The lowest BCUT2D eigenvalue weighted by Gasteiger charge is -2.18. The van der Waals surface area contributed by atoms with Gasteiger partial charge in [0.05, 0.1) is 0 Å². The van der Waals surface area contributed by atoms with E-state index < -0.39 is 11.8 Å². The van der Waals surface area contributed by atoms with Crippen molar-refractivity contribution in [2.45, 2.75) is 0 Å². The molecule has 1 aliphatic rings. The zero-order valence-corrected chi connectivity index (χ0v) is 17.5. The van der Waals surface area contributed by atoms with Crippen molar-refractivity contribution in [1.29, 1.82) is 0 Å². The maximum absolute atomic E-state index is 13.1.